The SMILES string of the molecule is COC(=O)c1cc(Br)c(OC[C@H]2CCCN2c2ccc(C)cn2)cc1F.COC(=O)c1cc(C)c(OC[C@H]2CCCN2c2ccc(C)cn2)cc1F.Cc1ccc(N2CCC[C@@H]2COc2cc(F)c(C(=O)NS(=O)(=O)C3CC3)cc2C)nc1.Cc1ccc(N2CCC[C@@H]2COc2cc(F)c(C(=O)O)cc2C)nc1. The van der Waals surface area contributed by atoms with E-state index in [1.54, 1.807) is 20.8 Å². The molecule has 0 unspecified atom stereocenters. The number of rotatable bonds is 22. The Morgan fingerprint density at radius 2 is 0.741 bits per heavy atom. The Hall–Kier alpha value is -10.1. The summed E-state index contributed by atoms with van der Waals surface area (Å²) in [5, 5.41) is 8.41. The number of carboxylic acid groups (broad SMARTS) is 1. The van der Waals surface area contributed by atoms with Gasteiger partial charge in [0.1, 0.15) is 96.0 Å². The van der Waals surface area contributed by atoms with Crippen LogP contribution in [0.1, 0.15) is 145 Å². The predicted molar refractivity (Wildman–Crippen MR) is 406 cm³/mol. The number of sulfonamides is 1. The summed E-state index contributed by atoms with van der Waals surface area (Å²) < 4.78 is 116. The molecule has 4 atom stereocenters. The van der Waals surface area contributed by atoms with Gasteiger partial charge in [-0.15, -0.1) is 0 Å². The smallest absolute Gasteiger partial charge is 0.340 e. The van der Waals surface area contributed by atoms with Crippen LogP contribution in [-0.4, -0.2) is 154 Å². The lowest BCUT2D eigenvalue weighted by molar-refractivity contribution is 0.0586. The van der Waals surface area contributed by atoms with E-state index in [1.165, 1.54) is 50.6 Å². The Morgan fingerprint density at radius 1 is 0.444 bits per heavy atom. The van der Waals surface area contributed by atoms with Crippen LogP contribution in [0.2, 0.25) is 0 Å². The number of aryl methyl sites for hydroxylation is 7. The largest absolute Gasteiger partial charge is 0.491 e. The number of nitrogens with zero attached hydrogens (tertiary/aromatic N) is 8. The number of hydrogen-bond acceptors (Lipinski definition) is 20. The molecule has 1 amide bonds. The van der Waals surface area contributed by atoms with Crippen molar-refractivity contribution in [2.45, 2.75) is 142 Å². The van der Waals surface area contributed by atoms with E-state index in [0.717, 1.165) is 135 Å². The molecule has 108 heavy (non-hydrogen) atoms. The number of nitrogens with one attached hydrogen (secondary N) is 1. The third-order valence-corrected chi connectivity index (χ3v) is 21.7. The van der Waals surface area contributed by atoms with Gasteiger partial charge in [0.15, 0.2) is 0 Å². The number of benzene rings is 4. The summed E-state index contributed by atoms with van der Waals surface area (Å²) in [6.07, 6.45) is 16.5. The molecular weight excluding hydrogens is 1480 g/mol. The fourth-order valence-corrected chi connectivity index (χ4v) is 14.9. The maximum absolute atomic E-state index is 14.6. The van der Waals surface area contributed by atoms with E-state index in [1.807, 2.05) is 106 Å². The van der Waals surface area contributed by atoms with Crippen molar-refractivity contribution in [2.24, 2.45) is 0 Å². The van der Waals surface area contributed by atoms with Crippen molar-refractivity contribution in [1.82, 2.24) is 24.7 Å². The number of methoxy groups -OCH3 is 2. The monoisotopic (exact) mass is 1570 g/mol. The minimum absolute atomic E-state index is 0.0799. The molecule has 1 aliphatic carbocycles. The Kier molecular flexibility index (Phi) is 27.3. The molecule has 8 heterocycles. The summed E-state index contributed by atoms with van der Waals surface area (Å²) >= 11 is 3.33. The molecule has 28 heteroatoms. The molecular formula is C80H90BrF4N9O13S. The highest BCUT2D eigenvalue weighted by atomic mass is 79.9. The molecule has 2 N–H and O–H groups in total. The number of esters is 2. The van der Waals surface area contributed by atoms with Gasteiger partial charge in [-0.3, -0.25) is 4.79 Å². The van der Waals surface area contributed by atoms with E-state index in [-0.39, 0.29) is 46.4 Å². The second kappa shape index (κ2) is 36.7. The van der Waals surface area contributed by atoms with Crippen LogP contribution in [0.15, 0.2) is 126 Å². The highest BCUT2D eigenvalue weighted by Gasteiger charge is 2.38. The van der Waals surface area contributed by atoms with E-state index in [4.69, 9.17) is 24.1 Å². The van der Waals surface area contributed by atoms with Crippen LogP contribution in [0, 0.1) is 71.7 Å². The molecule has 13 rings (SSSR count). The lowest BCUT2D eigenvalue weighted by Crippen LogP contribution is -2.35. The second-order valence-electron chi connectivity index (χ2n) is 27.5. The van der Waals surface area contributed by atoms with Gasteiger partial charge < -0.3 is 53.1 Å². The van der Waals surface area contributed by atoms with Gasteiger partial charge in [0.2, 0.25) is 10.0 Å². The van der Waals surface area contributed by atoms with Crippen molar-refractivity contribution in [1.29, 1.82) is 0 Å². The number of carbonyl (C=O) groups excluding carboxylic acids is 3. The highest BCUT2D eigenvalue weighted by Crippen LogP contribution is 2.35. The minimum atomic E-state index is -3.74. The summed E-state index contributed by atoms with van der Waals surface area (Å²) in [7, 11) is -1.29. The number of anilines is 4. The second-order valence-corrected chi connectivity index (χ2v) is 30.3. The van der Waals surface area contributed by atoms with E-state index >= 15 is 0 Å². The number of halogens is 5. The third kappa shape index (κ3) is 20.8. The van der Waals surface area contributed by atoms with Crippen molar-refractivity contribution in [3.8, 4) is 23.0 Å². The van der Waals surface area contributed by atoms with E-state index < -0.39 is 62.4 Å². The van der Waals surface area contributed by atoms with Crippen molar-refractivity contribution in [3.63, 3.8) is 0 Å². The summed E-state index contributed by atoms with van der Waals surface area (Å²) in [4.78, 5) is 73.2. The average molecular weight is 1570 g/mol. The van der Waals surface area contributed by atoms with Crippen molar-refractivity contribution >= 4 is 73.0 Å². The van der Waals surface area contributed by atoms with Gasteiger partial charge in [-0.05, 0) is 216 Å². The molecule has 5 fully saturated rings. The zero-order valence-corrected chi connectivity index (χ0v) is 64.3. The first-order valence-electron chi connectivity index (χ1n) is 35.8. The number of amides is 1. The zero-order valence-electron chi connectivity index (χ0n) is 61.9. The Labute approximate surface area is 635 Å². The summed E-state index contributed by atoms with van der Waals surface area (Å²) in [5.74, 6) is -1.35. The minimum Gasteiger partial charge on any atom is -0.491 e. The van der Waals surface area contributed by atoms with Gasteiger partial charge in [-0.2, -0.15) is 0 Å². The van der Waals surface area contributed by atoms with E-state index in [2.05, 4.69) is 64.9 Å². The summed E-state index contributed by atoms with van der Waals surface area (Å²) in [6.45, 7) is 18.5. The lowest BCUT2D eigenvalue weighted by atomic mass is 10.1. The molecule has 0 radical (unpaired) electrons. The lowest BCUT2D eigenvalue weighted by Gasteiger charge is -2.26. The number of hydrogen-bond donors (Lipinski definition) is 2. The van der Waals surface area contributed by atoms with Gasteiger partial charge in [0.05, 0.1) is 70.4 Å². The number of ether oxygens (including phenoxy) is 6. The van der Waals surface area contributed by atoms with Crippen LogP contribution in [0.3, 0.4) is 0 Å². The molecule has 4 aliphatic heterocycles. The van der Waals surface area contributed by atoms with Crippen molar-refractivity contribution in [3.05, 3.63) is 211 Å². The van der Waals surface area contributed by atoms with Gasteiger partial charge in [-0.25, -0.2) is 65.0 Å². The molecule has 574 valence electrons. The zero-order chi connectivity index (χ0) is 77.5. The van der Waals surface area contributed by atoms with Crippen LogP contribution in [0.25, 0.3) is 0 Å². The maximum Gasteiger partial charge on any atom is 0.340 e. The summed E-state index contributed by atoms with van der Waals surface area (Å²) in [6, 6.07) is 27.0. The number of pyridine rings is 4. The first-order chi connectivity index (χ1) is 51.7. The van der Waals surface area contributed by atoms with Gasteiger partial charge in [-0.1, -0.05) is 24.3 Å². The first-order valence-corrected chi connectivity index (χ1v) is 38.2. The Morgan fingerprint density at radius 3 is 1.06 bits per heavy atom. The molecule has 0 spiro atoms. The highest BCUT2D eigenvalue weighted by molar-refractivity contribution is 9.10. The number of carbonyl (C=O) groups is 4. The van der Waals surface area contributed by atoms with Crippen LogP contribution < -0.4 is 43.3 Å². The van der Waals surface area contributed by atoms with Crippen molar-refractivity contribution < 1.29 is 78.7 Å². The Balaban J connectivity index is 0.000000154. The van der Waals surface area contributed by atoms with Crippen LogP contribution in [-0.2, 0) is 19.5 Å². The number of aromatic carboxylic acids is 1. The fraction of sp³-hybridized carbons (Fsp3) is 0.400. The molecule has 22 nitrogen and oxygen atoms in total. The number of aromatic nitrogens is 4. The first kappa shape index (κ1) is 80.5. The van der Waals surface area contributed by atoms with E-state index in [0.29, 0.717) is 83.4 Å². The summed E-state index contributed by atoms with van der Waals surface area (Å²) in [5.41, 5.74) is 5.47. The normalized spacial score (nSPS) is 17.3. The molecule has 5 aliphatic rings. The molecule has 4 aromatic carbocycles. The maximum atomic E-state index is 14.6. The van der Waals surface area contributed by atoms with Crippen molar-refractivity contribution in [2.75, 3.05) is 86.4 Å². The van der Waals surface area contributed by atoms with Gasteiger partial charge in [0, 0.05) is 75.2 Å². The molecule has 1 saturated carbocycles. The fourth-order valence-electron chi connectivity index (χ4n) is 13.1. The Bertz CT molecular complexity index is 4470. The molecule has 4 saturated heterocycles. The van der Waals surface area contributed by atoms with Gasteiger partial charge in [0.25, 0.3) is 5.91 Å². The standard InChI is InChI=1S/C22H26FN3O4S.C20H23FN2O3.C19H20BrFN2O3.C19H21FN2O3/c1-14-5-8-21(24-12-14)26-9-3-4-16(26)13-30-20-11-19(23)18(10-15(20)2)22(27)25-31(28,29)17-6-7-17;1-13-6-7-19(22-11-13)23-8-4-5-15(23)12-26-18-10-17(21)16(9-14(18)2)20(24)25-3;1-12-5-6-18(22-10-12)23-7-3-4-13(23)11-26-17-9-16(21)14(8-15(17)20)19(24)25-2;1-12-5-6-18(21-10-12)22-7-3-4-14(22)11-25-17-9-16(20)15(19(23)24)8-13(17)2/h5,8,10-12,16-17H,3-4,6-7,9,13H2,1-2H3,(H,25,27);6-7,9-11,15H,4-5,8,12H2,1-3H3;5-6,8-10,13H,3-4,7,11H2,1-2H3;5-6,8-10,14H,3-4,7,11H2,1-2H3,(H,23,24)/t16-;15-;13-;14-/m1111/s1. The molecule has 4 aromatic heterocycles. The number of carboxylic acids is 1. The van der Waals surface area contributed by atoms with E-state index in [9.17, 15) is 45.2 Å². The quantitative estimate of drug-likeness (QED) is 0.0472. The van der Waals surface area contributed by atoms with Crippen LogP contribution in [0.4, 0.5) is 40.8 Å². The molecule has 8 aromatic rings. The topological polar surface area (TPSA) is 255 Å². The predicted octanol–water partition coefficient (Wildman–Crippen LogP) is 14.5. The average Bonchev–Trinajstić information content (AvgIpc) is 1.30. The molecule has 0 bridgehead atoms. The van der Waals surface area contributed by atoms with Crippen LogP contribution in [0.5, 0.6) is 23.0 Å². The van der Waals surface area contributed by atoms with Gasteiger partial charge >= 0.3 is 17.9 Å². The third-order valence-electron chi connectivity index (χ3n) is 19.3. The van der Waals surface area contributed by atoms with Crippen LogP contribution >= 0.6 is 15.9 Å².